The Kier molecular flexibility index (Phi) is 9.34. The molecule has 1 aliphatic carbocycles. The zero-order valence-electron chi connectivity index (χ0n) is 17.5. The van der Waals surface area contributed by atoms with E-state index in [1.54, 1.807) is 7.05 Å². The van der Waals surface area contributed by atoms with Crippen molar-refractivity contribution in [2.75, 3.05) is 46.9 Å². The van der Waals surface area contributed by atoms with E-state index in [1.165, 1.54) is 19.3 Å². The minimum atomic E-state index is -0.0389. The normalized spacial score (nSPS) is 21.7. The Bertz CT molecular complexity index is 469. The fourth-order valence-corrected chi connectivity index (χ4v) is 4.04. The second-order valence-corrected chi connectivity index (χ2v) is 7.89. The molecule has 7 heteroatoms. The number of carbonyl (C=O) groups excluding carboxylic acids is 1. The standard InChI is InChI=1S/C20H39N5O2/c1-4-14-27-20(10-6-5-7-11-20)16-23-19(22-3)24-17-8-12-25(13-9-17)15-18(26)21-2/h17H,4-16H2,1-3H3,(H,21,26)(H2,22,23,24). The zero-order chi connectivity index (χ0) is 19.5. The van der Waals surface area contributed by atoms with Gasteiger partial charge in [0.05, 0.1) is 12.1 Å². The van der Waals surface area contributed by atoms with Crippen LogP contribution >= 0.6 is 0 Å². The number of guanidine groups is 1. The number of nitrogens with one attached hydrogen (secondary N) is 3. The molecule has 2 fully saturated rings. The first-order chi connectivity index (χ1) is 13.1. The van der Waals surface area contributed by atoms with E-state index >= 15 is 0 Å². The van der Waals surface area contributed by atoms with Crippen molar-refractivity contribution in [3.05, 3.63) is 0 Å². The Morgan fingerprint density at radius 2 is 1.93 bits per heavy atom. The van der Waals surface area contributed by atoms with Gasteiger partial charge in [-0.25, -0.2) is 0 Å². The molecule has 0 aromatic carbocycles. The number of piperidine rings is 1. The quantitative estimate of drug-likeness (QED) is 0.439. The van der Waals surface area contributed by atoms with Crippen molar-refractivity contribution in [1.82, 2.24) is 20.9 Å². The van der Waals surface area contributed by atoms with Gasteiger partial charge in [0, 0.05) is 46.4 Å². The van der Waals surface area contributed by atoms with Gasteiger partial charge in [-0.2, -0.15) is 0 Å². The Morgan fingerprint density at radius 3 is 2.52 bits per heavy atom. The van der Waals surface area contributed by atoms with Crippen molar-refractivity contribution in [1.29, 1.82) is 0 Å². The topological polar surface area (TPSA) is 78.0 Å². The number of amides is 1. The van der Waals surface area contributed by atoms with Crippen LogP contribution in [0.15, 0.2) is 4.99 Å². The van der Waals surface area contributed by atoms with Crippen molar-refractivity contribution >= 4 is 11.9 Å². The highest BCUT2D eigenvalue weighted by Crippen LogP contribution is 2.31. The van der Waals surface area contributed by atoms with Crippen LogP contribution in [-0.2, 0) is 9.53 Å². The van der Waals surface area contributed by atoms with Crippen LogP contribution in [0.3, 0.4) is 0 Å². The lowest BCUT2D eigenvalue weighted by molar-refractivity contribution is -0.122. The summed E-state index contributed by atoms with van der Waals surface area (Å²) in [5, 5.41) is 9.78. The number of carbonyl (C=O) groups is 1. The molecule has 1 amide bonds. The van der Waals surface area contributed by atoms with E-state index in [9.17, 15) is 4.79 Å². The molecular weight excluding hydrogens is 342 g/mol. The van der Waals surface area contributed by atoms with Crippen LogP contribution in [-0.4, -0.2) is 75.3 Å². The smallest absolute Gasteiger partial charge is 0.233 e. The number of ether oxygens (including phenoxy) is 1. The van der Waals surface area contributed by atoms with Crippen molar-refractivity contribution < 1.29 is 9.53 Å². The number of hydrogen-bond donors (Lipinski definition) is 3. The molecular formula is C20H39N5O2. The van der Waals surface area contributed by atoms with Crippen LogP contribution in [0.1, 0.15) is 58.3 Å². The predicted octanol–water partition coefficient (Wildman–Crippen LogP) is 1.49. The summed E-state index contributed by atoms with van der Waals surface area (Å²) in [6.07, 6.45) is 9.19. The fraction of sp³-hybridized carbons (Fsp3) is 0.900. The second kappa shape index (κ2) is 11.5. The Morgan fingerprint density at radius 1 is 1.22 bits per heavy atom. The molecule has 1 saturated heterocycles. The second-order valence-electron chi connectivity index (χ2n) is 7.89. The van der Waals surface area contributed by atoms with E-state index in [2.05, 4.69) is 32.8 Å². The summed E-state index contributed by atoms with van der Waals surface area (Å²) in [7, 11) is 3.52. The highest BCUT2D eigenvalue weighted by molar-refractivity contribution is 5.80. The van der Waals surface area contributed by atoms with Crippen molar-refractivity contribution in [2.24, 2.45) is 4.99 Å². The number of likely N-dealkylation sites (N-methyl/N-ethyl adjacent to an activating group) is 1. The third kappa shape index (κ3) is 7.30. The lowest BCUT2D eigenvalue weighted by Gasteiger charge is -2.38. The number of hydrogen-bond acceptors (Lipinski definition) is 4. The van der Waals surface area contributed by atoms with Gasteiger partial charge in [0.1, 0.15) is 0 Å². The lowest BCUT2D eigenvalue weighted by atomic mass is 9.84. The fourth-order valence-electron chi connectivity index (χ4n) is 4.04. The molecule has 156 valence electrons. The summed E-state index contributed by atoms with van der Waals surface area (Å²) in [6, 6.07) is 0.399. The molecule has 2 rings (SSSR count). The lowest BCUT2D eigenvalue weighted by Crippen LogP contribution is -2.53. The molecule has 0 unspecified atom stereocenters. The van der Waals surface area contributed by atoms with Crippen LogP contribution < -0.4 is 16.0 Å². The molecule has 1 aliphatic heterocycles. The molecule has 3 N–H and O–H groups in total. The Labute approximate surface area is 164 Å². The zero-order valence-corrected chi connectivity index (χ0v) is 17.5. The Balaban J connectivity index is 1.77. The summed E-state index contributed by atoms with van der Waals surface area (Å²) in [5.74, 6) is 0.952. The van der Waals surface area contributed by atoms with E-state index in [4.69, 9.17) is 4.74 Å². The molecule has 0 bridgehead atoms. The molecule has 1 heterocycles. The van der Waals surface area contributed by atoms with Gasteiger partial charge < -0.3 is 20.7 Å². The summed E-state index contributed by atoms with van der Waals surface area (Å²) in [6.45, 7) is 6.19. The van der Waals surface area contributed by atoms with Gasteiger partial charge in [-0.1, -0.05) is 26.2 Å². The average molecular weight is 382 g/mol. The van der Waals surface area contributed by atoms with Crippen molar-refractivity contribution in [2.45, 2.75) is 69.9 Å². The first-order valence-corrected chi connectivity index (χ1v) is 10.6. The highest BCUT2D eigenvalue weighted by Gasteiger charge is 2.33. The Hall–Kier alpha value is -1.34. The maximum absolute atomic E-state index is 11.5. The SMILES string of the molecule is CCCOC1(CNC(=NC)NC2CCN(CC(=O)NC)CC2)CCCCC1. The van der Waals surface area contributed by atoms with Gasteiger partial charge in [0.2, 0.25) is 5.91 Å². The highest BCUT2D eigenvalue weighted by atomic mass is 16.5. The summed E-state index contributed by atoms with van der Waals surface area (Å²) in [4.78, 5) is 18.1. The average Bonchev–Trinajstić information content (AvgIpc) is 2.71. The summed E-state index contributed by atoms with van der Waals surface area (Å²) in [5.41, 5.74) is -0.0389. The molecule has 0 spiro atoms. The molecule has 0 atom stereocenters. The van der Waals surface area contributed by atoms with E-state index in [-0.39, 0.29) is 11.5 Å². The van der Waals surface area contributed by atoms with Gasteiger partial charge in [0.15, 0.2) is 5.96 Å². The third-order valence-corrected chi connectivity index (χ3v) is 5.75. The van der Waals surface area contributed by atoms with Gasteiger partial charge in [-0.3, -0.25) is 14.7 Å². The number of rotatable bonds is 8. The monoisotopic (exact) mass is 381 g/mol. The molecule has 7 nitrogen and oxygen atoms in total. The molecule has 2 aliphatic rings. The van der Waals surface area contributed by atoms with E-state index in [0.717, 1.165) is 64.3 Å². The van der Waals surface area contributed by atoms with Gasteiger partial charge in [-0.15, -0.1) is 0 Å². The molecule has 27 heavy (non-hydrogen) atoms. The van der Waals surface area contributed by atoms with Crippen LogP contribution in [0.5, 0.6) is 0 Å². The minimum absolute atomic E-state index is 0.0389. The minimum Gasteiger partial charge on any atom is -0.373 e. The maximum Gasteiger partial charge on any atom is 0.233 e. The number of likely N-dealkylation sites (tertiary alicyclic amines) is 1. The third-order valence-electron chi connectivity index (χ3n) is 5.75. The van der Waals surface area contributed by atoms with Gasteiger partial charge in [-0.05, 0) is 32.1 Å². The first kappa shape index (κ1) is 22.0. The van der Waals surface area contributed by atoms with Crippen molar-refractivity contribution in [3.63, 3.8) is 0 Å². The van der Waals surface area contributed by atoms with E-state index in [0.29, 0.717) is 12.6 Å². The van der Waals surface area contributed by atoms with Crippen molar-refractivity contribution in [3.8, 4) is 0 Å². The van der Waals surface area contributed by atoms with Crippen LogP contribution in [0, 0.1) is 0 Å². The number of nitrogens with zero attached hydrogens (tertiary/aromatic N) is 2. The van der Waals surface area contributed by atoms with Crippen LogP contribution in [0.4, 0.5) is 0 Å². The predicted molar refractivity (Wildman–Crippen MR) is 110 cm³/mol. The van der Waals surface area contributed by atoms with Gasteiger partial charge in [0.25, 0.3) is 0 Å². The first-order valence-electron chi connectivity index (χ1n) is 10.6. The van der Waals surface area contributed by atoms with E-state index in [1.807, 2.05) is 7.05 Å². The summed E-state index contributed by atoms with van der Waals surface area (Å²) < 4.78 is 6.28. The van der Waals surface area contributed by atoms with Crippen LogP contribution in [0.2, 0.25) is 0 Å². The van der Waals surface area contributed by atoms with Gasteiger partial charge >= 0.3 is 0 Å². The largest absolute Gasteiger partial charge is 0.373 e. The van der Waals surface area contributed by atoms with Crippen LogP contribution in [0.25, 0.3) is 0 Å². The van der Waals surface area contributed by atoms with E-state index < -0.39 is 0 Å². The molecule has 0 aromatic heterocycles. The summed E-state index contributed by atoms with van der Waals surface area (Å²) >= 11 is 0. The maximum atomic E-state index is 11.5. The molecule has 0 radical (unpaired) electrons. The molecule has 0 aromatic rings. The molecule has 1 saturated carbocycles. The number of aliphatic imine (C=N–C) groups is 1.